The Morgan fingerprint density at radius 3 is 2.71 bits per heavy atom. The van der Waals surface area contributed by atoms with Crippen LogP contribution in [-0.4, -0.2) is 40.9 Å². The van der Waals surface area contributed by atoms with Crippen LogP contribution in [0.1, 0.15) is 11.1 Å². The van der Waals surface area contributed by atoms with E-state index in [0.717, 1.165) is 11.1 Å². The molecule has 0 aliphatic rings. The van der Waals surface area contributed by atoms with Crippen LogP contribution in [0, 0.1) is 0 Å². The van der Waals surface area contributed by atoms with Crippen molar-refractivity contribution in [2.75, 3.05) is 19.8 Å². The van der Waals surface area contributed by atoms with Crippen LogP contribution in [-0.2, 0) is 17.3 Å². The van der Waals surface area contributed by atoms with Crippen LogP contribution in [0.5, 0.6) is 5.88 Å². The molecule has 0 aliphatic carbocycles. The summed E-state index contributed by atoms with van der Waals surface area (Å²) in [6.07, 6.45) is 0.711. The zero-order valence-electron chi connectivity index (χ0n) is 13.6. The molecular formula is C17H23N2O4P. The topological polar surface area (TPSA) is 91.7 Å². The van der Waals surface area contributed by atoms with Crippen molar-refractivity contribution in [2.45, 2.75) is 18.8 Å². The third-order valence-electron chi connectivity index (χ3n) is 3.49. The molecule has 1 aromatic heterocycles. The second-order valence-electron chi connectivity index (χ2n) is 5.66. The van der Waals surface area contributed by atoms with E-state index in [1.165, 1.54) is 0 Å². The number of hydrogen-bond donors (Lipinski definition) is 3. The molecule has 0 aliphatic heterocycles. The quantitative estimate of drug-likeness (QED) is 0.599. The summed E-state index contributed by atoms with van der Waals surface area (Å²) in [5, 5.41) is 13.1. The number of rotatable bonds is 9. The summed E-state index contributed by atoms with van der Waals surface area (Å²) in [4.78, 5) is 14.1. The van der Waals surface area contributed by atoms with E-state index in [9.17, 15) is 14.6 Å². The van der Waals surface area contributed by atoms with Gasteiger partial charge in [-0.05, 0) is 17.2 Å². The predicted octanol–water partition coefficient (Wildman–Crippen LogP) is 2.01. The molecule has 2 rings (SSSR count). The SMILES string of the molecule is COc1cc(CNC[C@H](O)CP(=O)(O)Cc2ccccc2)ccn1. The van der Waals surface area contributed by atoms with Gasteiger partial charge in [0.1, 0.15) is 0 Å². The smallest absolute Gasteiger partial charge is 0.213 e. The zero-order chi connectivity index (χ0) is 17.4. The van der Waals surface area contributed by atoms with Gasteiger partial charge in [0.25, 0.3) is 0 Å². The van der Waals surface area contributed by atoms with Crippen molar-refractivity contribution >= 4 is 7.37 Å². The zero-order valence-corrected chi connectivity index (χ0v) is 14.5. The number of aromatic nitrogens is 1. The second-order valence-corrected chi connectivity index (χ2v) is 8.04. The Labute approximate surface area is 142 Å². The first kappa shape index (κ1) is 18.6. The molecule has 3 N–H and O–H groups in total. The molecule has 24 heavy (non-hydrogen) atoms. The number of nitrogens with zero attached hydrogens (tertiary/aromatic N) is 1. The van der Waals surface area contributed by atoms with Crippen molar-refractivity contribution in [3.05, 3.63) is 59.8 Å². The molecule has 0 saturated carbocycles. The van der Waals surface area contributed by atoms with E-state index < -0.39 is 13.5 Å². The fraction of sp³-hybridized carbons (Fsp3) is 0.353. The van der Waals surface area contributed by atoms with Crippen molar-refractivity contribution in [1.82, 2.24) is 10.3 Å². The number of aliphatic hydroxyl groups excluding tert-OH is 1. The lowest BCUT2D eigenvalue weighted by Gasteiger charge is -2.17. The van der Waals surface area contributed by atoms with E-state index >= 15 is 0 Å². The number of pyridine rings is 1. The average molecular weight is 350 g/mol. The lowest BCUT2D eigenvalue weighted by molar-refractivity contribution is 0.190. The summed E-state index contributed by atoms with van der Waals surface area (Å²) in [6, 6.07) is 12.8. The summed E-state index contributed by atoms with van der Waals surface area (Å²) in [6.45, 7) is 0.758. The molecule has 130 valence electrons. The van der Waals surface area contributed by atoms with Gasteiger partial charge in [0.15, 0.2) is 0 Å². The standard InChI is InChI=1S/C17H23N2O4P/c1-23-17-9-15(7-8-19-17)10-18-11-16(20)13-24(21,22)12-14-5-3-2-4-6-14/h2-9,16,18,20H,10-13H2,1H3,(H,21,22)/t16-/m0/s1. The normalized spacial score (nSPS) is 14.8. The number of aliphatic hydroxyl groups is 1. The van der Waals surface area contributed by atoms with Crippen LogP contribution < -0.4 is 10.1 Å². The molecule has 7 heteroatoms. The Morgan fingerprint density at radius 2 is 2.00 bits per heavy atom. The van der Waals surface area contributed by atoms with Gasteiger partial charge in [-0.25, -0.2) is 4.98 Å². The first-order valence-electron chi connectivity index (χ1n) is 7.71. The molecule has 0 spiro atoms. The van der Waals surface area contributed by atoms with E-state index in [0.29, 0.717) is 12.4 Å². The van der Waals surface area contributed by atoms with Crippen LogP contribution in [0.15, 0.2) is 48.7 Å². The Kier molecular flexibility index (Phi) is 6.94. The molecule has 2 atom stereocenters. The second kappa shape index (κ2) is 8.94. The number of hydrogen-bond acceptors (Lipinski definition) is 5. The van der Waals surface area contributed by atoms with Crippen LogP contribution in [0.25, 0.3) is 0 Å². The van der Waals surface area contributed by atoms with Gasteiger partial charge in [0.05, 0.1) is 19.4 Å². The van der Waals surface area contributed by atoms with E-state index in [-0.39, 0.29) is 18.9 Å². The molecule has 0 amide bonds. The van der Waals surface area contributed by atoms with Crippen LogP contribution in [0.2, 0.25) is 0 Å². The minimum atomic E-state index is -3.42. The summed E-state index contributed by atoms with van der Waals surface area (Å²) in [5.74, 6) is 0.526. The third-order valence-corrected chi connectivity index (χ3v) is 5.34. The van der Waals surface area contributed by atoms with Crippen molar-refractivity contribution in [3.63, 3.8) is 0 Å². The summed E-state index contributed by atoms with van der Waals surface area (Å²) < 4.78 is 17.3. The van der Waals surface area contributed by atoms with Gasteiger partial charge in [-0.3, -0.25) is 4.57 Å². The van der Waals surface area contributed by atoms with Gasteiger partial charge in [-0.2, -0.15) is 0 Å². The van der Waals surface area contributed by atoms with Crippen molar-refractivity contribution < 1.29 is 19.3 Å². The molecule has 0 saturated heterocycles. The molecule has 0 fully saturated rings. The van der Waals surface area contributed by atoms with Gasteiger partial charge in [0, 0.05) is 31.5 Å². The molecular weight excluding hydrogens is 327 g/mol. The fourth-order valence-corrected chi connectivity index (χ4v) is 4.08. The molecule has 1 heterocycles. The monoisotopic (exact) mass is 350 g/mol. The largest absolute Gasteiger partial charge is 0.481 e. The average Bonchev–Trinajstić information content (AvgIpc) is 2.55. The third kappa shape index (κ3) is 6.42. The lowest BCUT2D eigenvalue weighted by Crippen LogP contribution is -2.29. The van der Waals surface area contributed by atoms with Gasteiger partial charge in [-0.15, -0.1) is 0 Å². The van der Waals surface area contributed by atoms with E-state index in [1.807, 2.05) is 36.4 Å². The van der Waals surface area contributed by atoms with Gasteiger partial charge in [-0.1, -0.05) is 30.3 Å². The molecule has 1 unspecified atom stereocenters. The van der Waals surface area contributed by atoms with Gasteiger partial charge in [0.2, 0.25) is 13.2 Å². The summed E-state index contributed by atoms with van der Waals surface area (Å²) >= 11 is 0. The van der Waals surface area contributed by atoms with Gasteiger partial charge < -0.3 is 20.1 Å². The molecule has 1 aromatic carbocycles. The minimum Gasteiger partial charge on any atom is -0.481 e. The minimum absolute atomic E-state index is 0.0758. The van der Waals surface area contributed by atoms with Crippen LogP contribution in [0.3, 0.4) is 0 Å². The highest BCUT2D eigenvalue weighted by Gasteiger charge is 2.23. The van der Waals surface area contributed by atoms with Crippen molar-refractivity contribution in [1.29, 1.82) is 0 Å². The van der Waals surface area contributed by atoms with E-state index in [1.54, 1.807) is 19.4 Å². The Balaban J connectivity index is 1.77. The maximum atomic E-state index is 12.3. The summed E-state index contributed by atoms with van der Waals surface area (Å²) in [7, 11) is -1.86. The predicted molar refractivity (Wildman–Crippen MR) is 93.3 cm³/mol. The number of ether oxygens (including phenoxy) is 1. The van der Waals surface area contributed by atoms with Gasteiger partial charge >= 0.3 is 0 Å². The maximum absolute atomic E-state index is 12.3. The van der Waals surface area contributed by atoms with Crippen molar-refractivity contribution in [2.24, 2.45) is 0 Å². The Bertz CT molecular complexity index is 681. The molecule has 6 nitrogen and oxygen atoms in total. The Morgan fingerprint density at radius 1 is 1.25 bits per heavy atom. The van der Waals surface area contributed by atoms with E-state index in [2.05, 4.69) is 10.3 Å². The summed E-state index contributed by atoms with van der Waals surface area (Å²) in [5.41, 5.74) is 1.76. The maximum Gasteiger partial charge on any atom is 0.213 e. The highest BCUT2D eigenvalue weighted by Crippen LogP contribution is 2.44. The Hall–Kier alpha value is -1.72. The highest BCUT2D eigenvalue weighted by molar-refractivity contribution is 7.57. The van der Waals surface area contributed by atoms with Crippen LogP contribution in [0.4, 0.5) is 0 Å². The van der Waals surface area contributed by atoms with Crippen molar-refractivity contribution in [3.8, 4) is 5.88 Å². The first-order chi connectivity index (χ1) is 11.5. The van der Waals surface area contributed by atoms with E-state index in [4.69, 9.17) is 4.74 Å². The molecule has 0 bridgehead atoms. The number of nitrogens with one attached hydrogen (secondary N) is 1. The first-order valence-corrected chi connectivity index (χ1v) is 9.74. The fourth-order valence-electron chi connectivity index (χ4n) is 2.38. The highest BCUT2D eigenvalue weighted by atomic mass is 31.2. The van der Waals surface area contributed by atoms with Crippen LogP contribution >= 0.6 is 7.37 Å². The number of methoxy groups -OCH3 is 1. The lowest BCUT2D eigenvalue weighted by atomic mass is 10.2. The molecule has 2 aromatic rings. The number of benzene rings is 1. The molecule has 0 radical (unpaired) electrons.